The van der Waals surface area contributed by atoms with Crippen LogP contribution < -0.4 is 0 Å². The molecule has 0 atom stereocenters. The Balaban J connectivity index is 1.58. The highest BCUT2D eigenvalue weighted by Crippen LogP contribution is 2.30. The predicted molar refractivity (Wildman–Crippen MR) is 100 cm³/mol. The molecule has 1 heterocycles. The normalized spacial score (nSPS) is 16.6. The number of aromatic nitrogens is 1. The molecule has 2 fully saturated rings. The summed E-state index contributed by atoms with van der Waals surface area (Å²) in [6, 6.07) is 3.87. The van der Waals surface area contributed by atoms with Crippen LogP contribution in [-0.2, 0) is 16.1 Å². The van der Waals surface area contributed by atoms with E-state index >= 15 is 0 Å². The smallest absolute Gasteiger partial charge is 0.236 e. The number of hydrogen-bond donors (Lipinski definition) is 0. The molecule has 0 aromatic carbocycles. The maximum absolute atomic E-state index is 12.6. The van der Waals surface area contributed by atoms with Crippen molar-refractivity contribution in [1.29, 1.82) is 0 Å². The lowest BCUT2D eigenvalue weighted by Gasteiger charge is -2.27. The van der Waals surface area contributed by atoms with Gasteiger partial charge in [0.1, 0.15) is 0 Å². The summed E-state index contributed by atoms with van der Waals surface area (Å²) in [5.41, 5.74) is 1.02. The van der Waals surface area contributed by atoms with E-state index in [4.69, 9.17) is 0 Å². The molecule has 2 amide bonds. The Morgan fingerprint density at radius 1 is 1.00 bits per heavy atom. The van der Waals surface area contributed by atoms with Crippen LogP contribution in [0.1, 0.15) is 31.2 Å². The average Bonchev–Trinajstić information content (AvgIpc) is 3.52. The highest BCUT2D eigenvalue weighted by Gasteiger charge is 2.28. The van der Waals surface area contributed by atoms with Gasteiger partial charge in [-0.15, -0.1) is 0 Å². The lowest BCUT2D eigenvalue weighted by molar-refractivity contribution is -0.134. The van der Waals surface area contributed by atoms with Crippen LogP contribution in [0.5, 0.6) is 0 Å². The topological polar surface area (TPSA) is 56.8 Å². The van der Waals surface area contributed by atoms with Crippen LogP contribution in [0.25, 0.3) is 0 Å². The molecule has 26 heavy (non-hydrogen) atoms. The van der Waals surface area contributed by atoms with Crippen LogP contribution in [0.3, 0.4) is 0 Å². The van der Waals surface area contributed by atoms with E-state index in [1.54, 1.807) is 12.4 Å². The molecule has 2 saturated carbocycles. The minimum absolute atomic E-state index is 0.0819. The van der Waals surface area contributed by atoms with E-state index in [0.717, 1.165) is 18.7 Å². The Labute approximate surface area is 156 Å². The molecule has 1 aromatic heterocycles. The van der Waals surface area contributed by atoms with E-state index in [9.17, 15) is 9.59 Å². The molecule has 3 rings (SSSR count). The molecule has 2 aliphatic carbocycles. The highest BCUT2D eigenvalue weighted by atomic mass is 16.2. The van der Waals surface area contributed by atoms with Crippen molar-refractivity contribution in [3.63, 3.8) is 0 Å². The molecule has 0 aliphatic heterocycles. The first-order valence-corrected chi connectivity index (χ1v) is 9.60. The second kappa shape index (κ2) is 8.62. The molecule has 1 aromatic rings. The van der Waals surface area contributed by atoms with Gasteiger partial charge in [-0.3, -0.25) is 19.5 Å². The summed E-state index contributed by atoms with van der Waals surface area (Å²) < 4.78 is 0. The van der Waals surface area contributed by atoms with Gasteiger partial charge < -0.3 is 9.80 Å². The lowest BCUT2D eigenvalue weighted by atomic mass is 10.2. The van der Waals surface area contributed by atoms with Crippen molar-refractivity contribution in [3.05, 3.63) is 30.1 Å². The Morgan fingerprint density at radius 3 is 1.96 bits per heavy atom. The molecule has 0 saturated heterocycles. The fourth-order valence-corrected chi connectivity index (χ4v) is 3.12. The third kappa shape index (κ3) is 6.09. The third-order valence-corrected chi connectivity index (χ3v) is 5.16. The summed E-state index contributed by atoms with van der Waals surface area (Å²) in [6.07, 6.45) is 8.42. The molecule has 0 spiro atoms. The SMILES string of the molecule is CN(CC1CC1)C(=O)CN(CC(=O)N(C)CC1CC1)Cc1cccnc1. The molecular formula is C20H30N4O2. The summed E-state index contributed by atoms with van der Waals surface area (Å²) in [6.45, 7) is 2.74. The van der Waals surface area contributed by atoms with Crippen LogP contribution in [-0.4, -0.2) is 71.8 Å². The summed E-state index contributed by atoms with van der Waals surface area (Å²) in [5.74, 6) is 1.50. The summed E-state index contributed by atoms with van der Waals surface area (Å²) >= 11 is 0. The third-order valence-electron chi connectivity index (χ3n) is 5.16. The van der Waals surface area contributed by atoms with Crippen LogP contribution in [0.15, 0.2) is 24.5 Å². The van der Waals surface area contributed by atoms with E-state index in [-0.39, 0.29) is 24.9 Å². The molecule has 6 heteroatoms. The molecule has 0 unspecified atom stereocenters. The van der Waals surface area contributed by atoms with Gasteiger partial charge >= 0.3 is 0 Å². The first-order valence-electron chi connectivity index (χ1n) is 9.60. The van der Waals surface area contributed by atoms with Crippen molar-refractivity contribution >= 4 is 11.8 Å². The molecule has 142 valence electrons. The zero-order valence-electron chi connectivity index (χ0n) is 15.9. The van der Waals surface area contributed by atoms with Gasteiger partial charge in [-0.2, -0.15) is 0 Å². The maximum atomic E-state index is 12.6. The standard InChI is InChI=1S/C20H30N4O2/c1-22(11-16-5-6-16)19(25)14-24(13-18-4-3-9-21-10-18)15-20(26)23(2)12-17-7-8-17/h3-4,9-10,16-17H,5-8,11-15H2,1-2H3. The fourth-order valence-electron chi connectivity index (χ4n) is 3.12. The largest absolute Gasteiger partial charge is 0.344 e. The van der Waals surface area contributed by atoms with Gasteiger partial charge in [-0.05, 0) is 49.1 Å². The molecule has 0 bridgehead atoms. The lowest BCUT2D eigenvalue weighted by Crippen LogP contribution is -2.44. The monoisotopic (exact) mass is 358 g/mol. The average molecular weight is 358 g/mol. The molecule has 6 nitrogen and oxygen atoms in total. The van der Waals surface area contributed by atoms with E-state index in [1.807, 2.05) is 40.9 Å². The molecular weight excluding hydrogens is 328 g/mol. The Kier molecular flexibility index (Phi) is 6.25. The number of likely N-dealkylation sites (N-methyl/N-ethyl adjacent to an activating group) is 2. The summed E-state index contributed by atoms with van der Waals surface area (Å²) in [4.78, 5) is 34.9. The van der Waals surface area contributed by atoms with Crippen molar-refractivity contribution in [3.8, 4) is 0 Å². The van der Waals surface area contributed by atoms with Crippen molar-refractivity contribution in [1.82, 2.24) is 19.7 Å². The van der Waals surface area contributed by atoms with Gasteiger partial charge in [0.2, 0.25) is 11.8 Å². The first-order chi connectivity index (χ1) is 12.5. The first kappa shape index (κ1) is 18.8. The van der Waals surface area contributed by atoms with E-state index < -0.39 is 0 Å². The zero-order valence-corrected chi connectivity index (χ0v) is 15.9. The quantitative estimate of drug-likeness (QED) is 0.638. The Hall–Kier alpha value is -1.95. The fraction of sp³-hybridized carbons (Fsp3) is 0.650. The number of hydrogen-bond acceptors (Lipinski definition) is 4. The van der Waals surface area contributed by atoms with Gasteiger partial charge in [0.25, 0.3) is 0 Å². The molecule has 0 radical (unpaired) electrons. The zero-order chi connectivity index (χ0) is 18.5. The predicted octanol–water partition coefficient (Wildman–Crippen LogP) is 1.62. The minimum Gasteiger partial charge on any atom is -0.344 e. The number of pyridine rings is 1. The van der Waals surface area contributed by atoms with Gasteiger partial charge in [-0.25, -0.2) is 0 Å². The van der Waals surface area contributed by atoms with Crippen LogP contribution in [0.4, 0.5) is 0 Å². The van der Waals surface area contributed by atoms with Gasteiger partial charge in [0.05, 0.1) is 13.1 Å². The number of nitrogens with zero attached hydrogens (tertiary/aromatic N) is 4. The van der Waals surface area contributed by atoms with Crippen LogP contribution in [0, 0.1) is 11.8 Å². The molecule has 0 N–H and O–H groups in total. The van der Waals surface area contributed by atoms with Gasteiger partial charge in [0, 0.05) is 46.1 Å². The molecule has 2 aliphatic rings. The second-order valence-corrected chi connectivity index (χ2v) is 7.94. The minimum atomic E-state index is 0.0819. The van der Waals surface area contributed by atoms with Crippen molar-refractivity contribution in [2.24, 2.45) is 11.8 Å². The van der Waals surface area contributed by atoms with E-state index in [1.165, 1.54) is 25.7 Å². The van der Waals surface area contributed by atoms with Gasteiger partial charge in [-0.1, -0.05) is 6.07 Å². The maximum Gasteiger partial charge on any atom is 0.236 e. The van der Waals surface area contributed by atoms with Crippen LogP contribution in [0.2, 0.25) is 0 Å². The highest BCUT2D eigenvalue weighted by molar-refractivity contribution is 5.81. The summed E-state index contributed by atoms with van der Waals surface area (Å²) in [7, 11) is 3.73. The number of carbonyl (C=O) groups excluding carboxylic acids is 2. The number of rotatable bonds is 10. The number of amides is 2. The van der Waals surface area contributed by atoms with Crippen molar-refractivity contribution in [2.45, 2.75) is 32.2 Å². The second-order valence-electron chi connectivity index (χ2n) is 7.94. The Bertz CT molecular complexity index is 579. The van der Waals surface area contributed by atoms with E-state index in [0.29, 0.717) is 18.4 Å². The van der Waals surface area contributed by atoms with Crippen molar-refractivity contribution < 1.29 is 9.59 Å². The Morgan fingerprint density at radius 2 is 1.54 bits per heavy atom. The summed E-state index contributed by atoms with van der Waals surface area (Å²) in [5, 5.41) is 0. The van der Waals surface area contributed by atoms with Crippen molar-refractivity contribution in [2.75, 3.05) is 40.3 Å². The van der Waals surface area contributed by atoms with Gasteiger partial charge in [0.15, 0.2) is 0 Å². The number of carbonyl (C=O) groups is 2. The van der Waals surface area contributed by atoms with Crippen LogP contribution >= 0.6 is 0 Å². The van der Waals surface area contributed by atoms with E-state index in [2.05, 4.69) is 4.98 Å².